The number of aromatic nitrogens is 2. The molecule has 0 spiro atoms. The zero-order chi connectivity index (χ0) is 18.2. The third kappa shape index (κ3) is 5.30. The van der Waals surface area contributed by atoms with Crippen molar-refractivity contribution >= 4 is 5.91 Å². The standard InChI is InChI=1S/C20H35N3O2/c1-5-7-8-20(24)22-12-9-18(10-13-22)16(3)17(4)23-14-11-21-19(23)15-25-6-2/h11,14,16-18H,5-10,12-13,15H2,1-4H3. The number of carbonyl (C=O) groups is 1. The molecule has 5 nitrogen and oxygen atoms in total. The minimum atomic E-state index is 0.342. The van der Waals surface area contributed by atoms with Crippen LogP contribution < -0.4 is 0 Å². The highest BCUT2D eigenvalue weighted by Crippen LogP contribution is 2.33. The van der Waals surface area contributed by atoms with Crippen molar-refractivity contribution in [2.75, 3.05) is 19.7 Å². The number of amides is 1. The lowest BCUT2D eigenvalue weighted by atomic mass is 9.81. The van der Waals surface area contributed by atoms with E-state index < -0.39 is 0 Å². The Kier molecular flexibility index (Phi) is 7.94. The average Bonchev–Trinajstić information content (AvgIpc) is 3.11. The Morgan fingerprint density at radius 3 is 2.68 bits per heavy atom. The Morgan fingerprint density at radius 1 is 1.32 bits per heavy atom. The fraction of sp³-hybridized carbons (Fsp3) is 0.800. The zero-order valence-corrected chi connectivity index (χ0v) is 16.4. The first-order chi connectivity index (χ1) is 12.1. The van der Waals surface area contributed by atoms with Crippen LogP contribution in [0.2, 0.25) is 0 Å². The molecule has 2 atom stereocenters. The van der Waals surface area contributed by atoms with Crippen LogP contribution in [0.3, 0.4) is 0 Å². The molecule has 1 fully saturated rings. The topological polar surface area (TPSA) is 47.4 Å². The van der Waals surface area contributed by atoms with Crippen LogP contribution in [0.4, 0.5) is 0 Å². The summed E-state index contributed by atoms with van der Waals surface area (Å²) in [7, 11) is 0. The molecule has 5 heteroatoms. The van der Waals surface area contributed by atoms with Crippen molar-refractivity contribution in [2.45, 2.75) is 72.4 Å². The highest BCUT2D eigenvalue weighted by Gasteiger charge is 2.29. The Balaban J connectivity index is 1.88. The molecule has 1 aliphatic heterocycles. The van der Waals surface area contributed by atoms with E-state index in [9.17, 15) is 4.79 Å². The van der Waals surface area contributed by atoms with Gasteiger partial charge in [-0.25, -0.2) is 4.98 Å². The van der Waals surface area contributed by atoms with Gasteiger partial charge in [0.05, 0.1) is 0 Å². The van der Waals surface area contributed by atoms with Gasteiger partial charge in [0.1, 0.15) is 12.4 Å². The predicted molar refractivity (Wildman–Crippen MR) is 100 cm³/mol. The molecule has 2 rings (SSSR count). The van der Waals surface area contributed by atoms with Crippen LogP contribution in [0.1, 0.15) is 71.7 Å². The van der Waals surface area contributed by atoms with Crippen molar-refractivity contribution in [2.24, 2.45) is 11.8 Å². The molecule has 0 N–H and O–H groups in total. The Morgan fingerprint density at radius 2 is 2.04 bits per heavy atom. The minimum absolute atomic E-state index is 0.342. The van der Waals surface area contributed by atoms with Crippen molar-refractivity contribution in [3.8, 4) is 0 Å². The molecule has 25 heavy (non-hydrogen) atoms. The molecule has 0 radical (unpaired) electrons. The monoisotopic (exact) mass is 349 g/mol. The number of likely N-dealkylation sites (tertiary alicyclic amines) is 1. The molecule has 0 bridgehead atoms. The highest BCUT2D eigenvalue weighted by atomic mass is 16.5. The molecule has 142 valence electrons. The van der Waals surface area contributed by atoms with Crippen LogP contribution in [0.25, 0.3) is 0 Å². The minimum Gasteiger partial charge on any atom is -0.374 e. The van der Waals surface area contributed by atoms with Gasteiger partial charge in [-0.3, -0.25) is 4.79 Å². The fourth-order valence-electron chi connectivity index (χ4n) is 3.83. The molecule has 1 saturated heterocycles. The molecule has 1 aliphatic rings. The Labute approximate surface area is 152 Å². The summed E-state index contributed by atoms with van der Waals surface area (Å²) < 4.78 is 7.80. The second kappa shape index (κ2) is 9.95. The molecule has 1 aromatic heterocycles. The summed E-state index contributed by atoms with van der Waals surface area (Å²) in [6.07, 6.45) is 8.97. The van der Waals surface area contributed by atoms with Gasteiger partial charge in [0.25, 0.3) is 0 Å². The third-order valence-corrected chi connectivity index (χ3v) is 5.76. The van der Waals surface area contributed by atoms with Crippen molar-refractivity contribution in [1.29, 1.82) is 0 Å². The smallest absolute Gasteiger partial charge is 0.222 e. The van der Waals surface area contributed by atoms with Gasteiger partial charge >= 0.3 is 0 Å². The maximum atomic E-state index is 12.2. The van der Waals surface area contributed by atoms with Crippen LogP contribution in [-0.2, 0) is 16.1 Å². The molecule has 0 aliphatic carbocycles. The fourth-order valence-corrected chi connectivity index (χ4v) is 3.83. The summed E-state index contributed by atoms with van der Waals surface area (Å²) in [5.74, 6) is 2.57. The molecule has 0 saturated carbocycles. The lowest BCUT2D eigenvalue weighted by molar-refractivity contribution is -0.133. The first-order valence-electron chi connectivity index (χ1n) is 9.95. The summed E-state index contributed by atoms with van der Waals surface area (Å²) in [4.78, 5) is 18.7. The third-order valence-electron chi connectivity index (χ3n) is 5.76. The second-order valence-electron chi connectivity index (χ2n) is 7.31. The van der Waals surface area contributed by atoms with E-state index in [1.54, 1.807) is 0 Å². The van der Waals surface area contributed by atoms with Gasteiger partial charge in [-0.2, -0.15) is 0 Å². The second-order valence-corrected chi connectivity index (χ2v) is 7.31. The SMILES string of the molecule is CCCCC(=O)N1CCC(C(C)C(C)n2ccnc2COCC)CC1. The van der Waals surface area contributed by atoms with Gasteiger partial charge in [0.2, 0.25) is 5.91 Å². The van der Waals surface area contributed by atoms with E-state index >= 15 is 0 Å². The van der Waals surface area contributed by atoms with Crippen LogP contribution in [-0.4, -0.2) is 40.1 Å². The largest absolute Gasteiger partial charge is 0.374 e. The van der Waals surface area contributed by atoms with Gasteiger partial charge in [-0.05, 0) is 44.9 Å². The summed E-state index contributed by atoms with van der Waals surface area (Å²) in [5.41, 5.74) is 0. The lowest BCUT2D eigenvalue weighted by Crippen LogP contribution is -2.40. The quantitative estimate of drug-likeness (QED) is 0.676. The summed E-state index contributed by atoms with van der Waals surface area (Å²) >= 11 is 0. The molecule has 0 aromatic carbocycles. The number of unbranched alkanes of at least 4 members (excludes halogenated alkanes) is 1. The van der Waals surface area contributed by atoms with Crippen molar-refractivity contribution < 1.29 is 9.53 Å². The highest BCUT2D eigenvalue weighted by molar-refractivity contribution is 5.76. The molecular formula is C20H35N3O2. The van der Waals surface area contributed by atoms with E-state index in [1.165, 1.54) is 0 Å². The van der Waals surface area contributed by atoms with Gasteiger partial charge in [-0.1, -0.05) is 20.3 Å². The summed E-state index contributed by atoms with van der Waals surface area (Å²) in [6.45, 7) is 11.9. The number of piperidine rings is 1. The Bertz CT molecular complexity index is 521. The number of nitrogens with zero attached hydrogens (tertiary/aromatic N) is 3. The van der Waals surface area contributed by atoms with E-state index in [-0.39, 0.29) is 0 Å². The van der Waals surface area contributed by atoms with Gasteiger partial charge < -0.3 is 14.2 Å². The number of hydrogen-bond acceptors (Lipinski definition) is 3. The predicted octanol–water partition coefficient (Wildman–Crippen LogP) is 4.05. The molecular weight excluding hydrogens is 314 g/mol. The maximum Gasteiger partial charge on any atom is 0.222 e. The molecule has 2 heterocycles. The zero-order valence-electron chi connectivity index (χ0n) is 16.4. The van der Waals surface area contributed by atoms with Crippen LogP contribution in [0.5, 0.6) is 0 Å². The van der Waals surface area contributed by atoms with E-state index in [0.29, 0.717) is 43.4 Å². The van der Waals surface area contributed by atoms with Crippen molar-refractivity contribution in [1.82, 2.24) is 14.5 Å². The summed E-state index contributed by atoms with van der Waals surface area (Å²) in [6, 6.07) is 0.394. The lowest BCUT2D eigenvalue weighted by Gasteiger charge is -2.37. The van der Waals surface area contributed by atoms with Gasteiger partial charge in [0, 0.05) is 44.6 Å². The van der Waals surface area contributed by atoms with Crippen molar-refractivity contribution in [3.63, 3.8) is 0 Å². The normalized spacial score (nSPS) is 18.3. The first-order valence-corrected chi connectivity index (χ1v) is 9.95. The molecule has 1 amide bonds. The van der Waals surface area contributed by atoms with Crippen LogP contribution in [0, 0.1) is 11.8 Å². The number of ether oxygens (including phenoxy) is 1. The van der Waals surface area contributed by atoms with Gasteiger partial charge in [-0.15, -0.1) is 0 Å². The summed E-state index contributed by atoms with van der Waals surface area (Å²) in [5, 5.41) is 0. The molecule has 2 unspecified atom stereocenters. The van der Waals surface area contributed by atoms with Gasteiger partial charge in [0.15, 0.2) is 0 Å². The number of imidazole rings is 1. The maximum absolute atomic E-state index is 12.2. The van der Waals surface area contributed by atoms with E-state index in [4.69, 9.17) is 4.74 Å². The molecule has 1 aromatic rings. The van der Waals surface area contributed by atoms with Crippen molar-refractivity contribution in [3.05, 3.63) is 18.2 Å². The Hall–Kier alpha value is -1.36. The average molecular weight is 350 g/mol. The van der Waals surface area contributed by atoms with Crippen LogP contribution in [0.15, 0.2) is 12.4 Å². The number of rotatable bonds is 9. The van der Waals surface area contributed by atoms with E-state index in [2.05, 4.69) is 41.4 Å². The van der Waals surface area contributed by atoms with Crippen LogP contribution >= 0.6 is 0 Å². The van der Waals surface area contributed by atoms with E-state index in [0.717, 1.165) is 44.6 Å². The number of carbonyl (C=O) groups excluding carboxylic acids is 1. The van der Waals surface area contributed by atoms with E-state index in [1.807, 2.05) is 13.1 Å². The first kappa shape index (κ1) is 20.0. The number of hydrogen-bond donors (Lipinski definition) is 0.